The van der Waals surface area contributed by atoms with Crippen LogP contribution in [0.4, 0.5) is 5.82 Å². The minimum Gasteiger partial charge on any atom is -0.348 e. The van der Waals surface area contributed by atoms with E-state index in [4.69, 9.17) is 0 Å². The van der Waals surface area contributed by atoms with Crippen molar-refractivity contribution >= 4 is 41.3 Å². The van der Waals surface area contributed by atoms with Gasteiger partial charge in [0.15, 0.2) is 0 Å². The van der Waals surface area contributed by atoms with Crippen LogP contribution in [0.25, 0.3) is 0 Å². The third-order valence-corrected chi connectivity index (χ3v) is 5.79. The summed E-state index contributed by atoms with van der Waals surface area (Å²) in [4.78, 5) is 78.1. The van der Waals surface area contributed by atoms with E-state index < -0.39 is 41.5 Å². The quantitative estimate of drug-likeness (QED) is 0.310. The van der Waals surface area contributed by atoms with Gasteiger partial charge in [-0.3, -0.25) is 39.0 Å². The molecule has 1 atom stereocenters. The summed E-state index contributed by atoms with van der Waals surface area (Å²) in [5.74, 6) is -3.56. The molecule has 0 spiro atoms. The number of aryl methyl sites for hydroxylation is 2. The van der Waals surface area contributed by atoms with Crippen LogP contribution >= 0.6 is 0 Å². The molecule has 0 aliphatic carbocycles. The first-order chi connectivity index (χ1) is 16.7. The van der Waals surface area contributed by atoms with Crippen LogP contribution in [-0.4, -0.2) is 57.9 Å². The molecule has 1 fully saturated rings. The lowest BCUT2D eigenvalue weighted by molar-refractivity contribution is -0.136. The van der Waals surface area contributed by atoms with Crippen LogP contribution in [0.1, 0.15) is 51.1 Å². The Morgan fingerprint density at radius 1 is 1.06 bits per heavy atom. The summed E-state index contributed by atoms with van der Waals surface area (Å²) in [7, 11) is 0. The summed E-state index contributed by atoms with van der Waals surface area (Å²) in [6.45, 7) is 2.08. The number of amides is 6. The molecule has 0 saturated carbocycles. The summed E-state index contributed by atoms with van der Waals surface area (Å²) in [5, 5.41) is 7.11. The van der Waals surface area contributed by atoms with Crippen molar-refractivity contribution in [2.75, 3.05) is 11.9 Å². The van der Waals surface area contributed by atoms with Gasteiger partial charge in [0, 0.05) is 19.2 Å². The molecule has 11 heteroatoms. The maximum Gasteiger partial charge on any atom is 0.314 e. The van der Waals surface area contributed by atoms with E-state index >= 15 is 0 Å². The molecule has 2 aromatic rings. The molecule has 1 unspecified atom stereocenters. The van der Waals surface area contributed by atoms with Crippen LogP contribution in [0, 0.1) is 6.92 Å². The SMILES string of the molecule is Cc1ccc(NC(=O)C(=O)NCCCc2ccc3c(c2)C(=O)N(C2CCC(=O)NC2=O)C3=O)nc1. The molecule has 1 aromatic carbocycles. The van der Waals surface area contributed by atoms with E-state index in [0.717, 1.165) is 16.0 Å². The molecule has 11 nitrogen and oxygen atoms in total. The standard InChI is InChI=1S/C24H23N5O6/c1-13-4-8-18(26-12-13)27-22(33)21(32)25-10-2-3-14-5-6-15-16(11-14)24(35)29(23(15)34)17-7-9-19(30)28-20(17)31/h4-6,8,11-12,17H,2-3,7,9-10H2,1H3,(H,25,32)(H,26,27,33)(H,28,30,31). The van der Waals surface area contributed by atoms with Gasteiger partial charge in [-0.1, -0.05) is 12.1 Å². The van der Waals surface area contributed by atoms with E-state index in [0.29, 0.717) is 12.8 Å². The van der Waals surface area contributed by atoms with Gasteiger partial charge in [-0.2, -0.15) is 0 Å². The predicted molar refractivity (Wildman–Crippen MR) is 122 cm³/mol. The molecule has 180 valence electrons. The largest absolute Gasteiger partial charge is 0.348 e. The first-order valence-electron chi connectivity index (χ1n) is 11.1. The number of benzene rings is 1. The van der Waals surface area contributed by atoms with Crippen molar-refractivity contribution in [3.05, 3.63) is 58.8 Å². The number of nitrogens with one attached hydrogen (secondary N) is 3. The summed E-state index contributed by atoms with van der Waals surface area (Å²) < 4.78 is 0. The number of piperidine rings is 1. The summed E-state index contributed by atoms with van der Waals surface area (Å²) in [6, 6.07) is 7.19. The number of fused-ring (bicyclic) bond motifs is 1. The molecule has 0 bridgehead atoms. The smallest absolute Gasteiger partial charge is 0.314 e. The normalized spacial score (nSPS) is 17.2. The molecule has 2 aliphatic rings. The predicted octanol–water partition coefficient (Wildman–Crippen LogP) is 0.479. The molecule has 4 rings (SSSR count). The molecule has 3 N–H and O–H groups in total. The van der Waals surface area contributed by atoms with Gasteiger partial charge in [0.25, 0.3) is 11.8 Å². The van der Waals surface area contributed by atoms with Crippen LogP contribution in [0.15, 0.2) is 36.5 Å². The third kappa shape index (κ3) is 5.08. The molecule has 6 amide bonds. The topological polar surface area (TPSA) is 155 Å². The molecule has 1 aromatic heterocycles. The van der Waals surface area contributed by atoms with Crippen LogP contribution in [0.5, 0.6) is 0 Å². The fourth-order valence-electron chi connectivity index (χ4n) is 3.96. The number of aromatic nitrogens is 1. The van der Waals surface area contributed by atoms with Gasteiger partial charge < -0.3 is 10.6 Å². The van der Waals surface area contributed by atoms with Crippen molar-refractivity contribution in [3.8, 4) is 0 Å². The first-order valence-corrected chi connectivity index (χ1v) is 11.1. The van der Waals surface area contributed by atoms with Crippen LogP contribution < -0.4 is 16.0 Å². The van der Waals surface area contributed by atoms with E-state index in [1.165, 1.54) is 6.07 Å². The molecule has 1 saturated heterocycles. The summed E-state index contributed by atoms with van der Waals surface area (Å²) in [5.41, 5.74) is 2.09. The van der Waals surface area contributed by atoms with Gasteiger partial charge in [0.2, 0.25) is 11.8 Å². The van der Waals surface area contributed by atoms with Gasteiger partial charge in [0.05, 0.1) is 11.1 Å². The van der Waals surface area contributed by atoms with Gasteiger partial charge in [0.1, 0.15) is 11.9 Å². The lowest BCUT2D eigenvalue weighted by Crippen LogP contribution is -2.54. The zero-order chi connectivity index (χ0) is 25.1. The van der Waals surface area contributed by atoms with Crippen molar-refractivity contribution in [1.82, 2.24) is 20.5 Å². The summed E-state index contributed by atoms with van der Waals surface area (Å²) >= 11 is 0. The minimum atomic E-state index is -1.01. The highest BCUT2D eigenvalue weighted by atomic mass is 16.2. The zero-order valence-corrected chi connectivity index (χ0v) is 18.9. The Bertz CT molecular complexity index is 1240. The maximum absolute atomic E-state index is 12.9. The van der Waals surface area contributed by atoms with Gasteiger partial charge >= 0.3 is 11.8 Å². The van der Waals surface area contributed by atoms with E-state index in [2.05, 4.69) is 20.9 Å². The number of rotatable bonds is 6. The Morgan fingerprint density at radius 3 is 2.54 bits per heavy atom. The number of anilines is 1. The van der Waals surface area contributed by atoms with Crippen molar-refractivity contribution in [3.63, 3.8) is 0 Å². The number of carbonyl (C=O) groups is 6. The van der Waals surface area contributed by atoms with Gasteiger partial charge in [-0.25, -0.2) is 4.98 Å². The highest BCUT2D eigenvalue weighted by molar-refractivity contribution is 6.39. The maximum atomic E-state index is 12.9. The van der Waals surface area contributed by atoms with E-state index in [1.807, 2.05) is 6.92 Å². The fraction of sp³-hybridized carbons (Fsp3) is 0.292. The highest BCUT2D eigenvalue weighted by Crippen LogP contribution is 2.28. The second-order valence-corrected chi connectivity index (χ2v) is 8.36. The number of pyridine rings is 1. The molecular formula is C24H23N5O6. The second kappa shape index (κ2) is 9.84. The first kappa shape index (κ1) is 23.7. The molecule has 0 radical (unpaired) electrons. The van der Waals surface area contributed by atoms with Crippen LogP contribution in [-0.2, 0) is 25.6 Å². The highest BCUT2D eigenvalue weighted by Gasteiger charge is 2.44. The lowest BCUT2D eigenvalue weighted by Gasteiger charge is -2.27. The number of nitrogens with zero attached hydrogens (tertiary/aromatic N) is 2. The minimum absolute atomic E-state index is 0.0559. The zero-order valence-electron chi connectivity index (χ0n) is 18.9. The fourth-order valence-corrected chi connectivity index (χ4v) is 3.96. The van der Waals surface area contributed by atoms with Crippen molar-refractivity contribution in [2.45, 2.75) is 38.6 Å². The Labute approximate surface area is 200 Å². The average Bonchev–Trinajstić information content (AvgIpc) is 3.07. The number of imide groups is 2. The number of carbonyl (C=O) groups excluding carboxylic acids is 6. The van der Waals surface area contributed by atoms with Crippen LogP contribution in [0.3, 0.4) is 0 Å². The molecule has 2 aliphatic heterocycles. The molecule has 35 heavy (non-hydrogen) atoms. The van der Waals surface area contributed by atoms with E-state index in [1.54, 1.807) is 30.5 Å². The Balaban J connectivity index is 1.30. The summed E-state index contributed by atoms with van der Waals surface area (Å²) in [6.07, 6.45) is 2.69. The lowest BCUT2D eigenvalue weighted by atomic mass is 10.0. The van der Waals surface area contributed by atoms with Crippen molar-refractivity contribution in [2.24, 2.45) is 0 Å². The van der Waals surface area contributed by atoms with Gasteiger partial charge in [-0.15, -0.1) is 0 Å². The van der Waals surface area contributed by atoms with Crippen molar-refractivity contribution < 1.29 is 28.8 Å². The number of hydrogen-bond acceptors (Lipinski definition) is 7. The Hall–Kier alpha value is -4.41. The van der Waals surface area contributed by atoms with Gasteiger partial charge in [-0.05, 0) is 55.5 Å². The van der Waals surface area contributed by atoms with Crippen molar-refractivity contribution in [1.29, 1.82) is 0 Å². The third-order valence-electron chi connectivity index (χ3n) is 5.79. The second-order valence-electron chi connectivity index (χ2n) is 8.36. The average molecular weight is 477 g/mol. The number of hydrogen-bond donors (Lipinski definition) is 3. The Kier molecular flexibility index (Phi) is 6.67. The molecule has 3 heterocycles. The van der Waals surface area contributed by atoms with E-state index in [9.17, 15) is 28.8 Å². The monoisotopic (exact) mass is 477 g/mol. The Morgan fingerprint density at radius 2 is 1.83 bits per heavy atom. The van der Waals surface area contributed by atoms with Crippen LogP contribution in [0.2, 0.25) is 0 Å². The van der Waals surface area contributed by atoms with E-state index in [-0.39, 0.29) is 36.3 Å². The molecular weight excluding hydrogens is 454 g/mol.